The second kappa shape index (κ2) is 7.51. The lowest BCUT2D eigenvalue weighted by atomic mass is 9.85. The van der Waals surface area contributed by atoms with Gasteiger partial charge in [-0.2, -0.15) is 10.1 Å². The summed E-state index contributed by atoms with van der Waals surface area (Å²) >= 11 is 6.26. The van der Waals surface area contributed by atoms with Crippen LogP contribution in [0.5, 0.6) is 11.5 Å². The highest BCUT2D eigenvalue weighted by Crippen LogP contribution is 2.52. The Bertz CT molecular complexity index is 914. The number of fused-ring (bicyclic) bond motifs is 5. The van der Waals surface area contributed by atoms with Gasteiger partial charge in [-0.25, -0.2) is 0 Å². The number of nitrogens with zero attached hydrogens (tertiary/aromatic N) is 2. The molecule has 1 aromatic carbocycles. The number of amides is 3. The van der Waals surface area contributed by atoms with E-state index in [0.717, 1.165) is 11.4 Å². The van der Waals surface area contributed by atoms with Crippen molar-refractivity contribution in [3.05, 3.63) is 34.9 Å². The standard InChI is InChI=1S/C20H20ClN3O5/c1-2-28-14-6-10(5-13(21)18(14)29-9-15(22)25)8-23-24-19(26)16-11-3-4-12(7-11)17(16)20(24)27/h3-6,8,11-12,16-17H,2,7,9H2,1H3,(H2,22,25). The van der Waals surface area contributed by atoms with Gasteiger partial charge in [0.2, 0.25) is 0 Å². The van der Waals surface area contributed by atoms with Crippen molar-refractivity contribution in [3.8, 4) is 11.5 Å². The molecule has 2 aliphatic carbocycles. The van der Waals surface area contributed by atoms with Crippen molar-refractivity contribution in [2.24, 2.45) is 34.5 Å². The third-order valence-electron chi connectivity index (χ3n) is 5.46. The summed E-state index contributed by atoms with van der Waals surface area (Å²) in [5.41, 5.74) is 5.62. The second-order valence-electron chi connectivity index (χ2n) is 7.25. The van der Waals surface area contributed by atoms with Crippen LogP contribution < -0.4 is 15.2 Å². The molecule has 0 radical (unpaired) electrons. The lowest BCUT2D eigenvalue weighted by Gasteiger charge is -2.14. The number of carbonyl (C=O) groups excluding carboxylic acids is 3. The maximum Gasteiger partial charge on any atom is 0.255 e. The molecule has 2 bridgehead atoms. The lowest BCUT2D eigenvalue weighted by Crippen LogP contribution is -2.28. The Morgan fingerprint density at radius 3 is 2.48 bits per heavy atom. The van der Waals surface area contributed by atoms with Crippen LogP contribution in [0.3, 0.4) is 0 Å². The number of allylic oxidation sites excluding steroid dienone is 2. The number of nitrogens with two attached hydrogens (primary N) is 1. The summed E-state index contributed by atoms with van der Waals surface area (Å²) < 4.78 is 10.9. The molecule has 8 nitrogen and oxygen atoms in total. The van der Waals surface area contributed by atoms with Crippen molar-refractivity contribution < 1.29 is 23.9 Å². The van der Waals surface area contributed by atoms with E-state index in [1.165, 1.54) is 6.21 Å². The summed E-state index contributed by atoms with van der Waals surface area (Å²) in [5.74, 6) is -1.02. The van der Waals surface area contributed by atoms with Crippen LogP contribution in [0.2, 0.25) is 5.02 Å². The SMILES string of the molecule is CCOc1cc(C=NN2C(=O)C3C4C=CC(C4)C3C2=O)cc(Cl)c1OCC(N)=O. The Balaban J connectivity index is 1.56. The van der Waals surface area contributed by atoms with Gasteiger partial charge in [0.1, 0.15) is 0 Å². The second-order valence-corrected chi connectivity index (χ2v) is 7.66. The molecule has 152 valence electrons. The number of ether oxygens (including phenoxy) is 2. The molecule has 4 atom stereocenters. The van der Waals surface area contributed by atoms with Gasteiger partial charge in [-0.05, 0) is 42.9 Å². The largest absolute Gasteiger partial charge is 0.490 e. The van der Waals surface area contributed by atoms with Crippen LogP contribution in [-0.4, -0.2) is 42.2 Å². The van der Waals surface area contributed by atoms with Crippen LogP contribution in [0, 0.1) is 23.7 Å². The number of hydrogen-bond donors (Lipinski definition) is 1. The summed E-state index contributed by atoms with van der Waals surface area (Å²) in [7, 11) is 0. The fourth-order valence-electron chi connectivity index (χ4n) is 4.33. The molecule has 3 amide bonds. The van der Waals surface area contributed by atoms with Gasteiger partial charge in [0.05, 0.1) is 29.7 Å². The van der Waals surface area contributed by atoms with Crippen molar-refractivity contribution in [3.63, 3.8) is 0 Å². The monoisotopic (exact) mass is 417 g/mol. The van der Waals surface area contributed by atoms with E-state index in [0.29, 0.717) is 17.9 Å². The summed E-state index contributed by atoms with van der Waals surface area (Å²) in [6, 6.07) is 3.15. The maximum atomic E-state index is 12.7. The third kappa shape index (κ3) is 3.37. The van der Waals surface area contributed by atoms with E-state index in [1.807, 2.05) is 12.2 Å². The van der Waals surface area contributed by atoms with Gasteiger partial charge in [0, 0.05) is 0 Å². The Hall–Kier alpha value is -2.87. The molecule has 4 rings (SSSR count). The minimum Gasteiger partial charge on any atom is -0.490 e. The van der Waals surface area contributed by atoms with Crippen molar-refractivity contribution >= 4 is 35.5 Å². The number of imide groups is 1. The summed E-state index contributed by atoms with van der Waals surface area (Å²) in [6.45, 7) is 1.78. The predicted octanol–water partition coefficient (Wildman–Crippen LogP) is 1.74. The van der Waals surface area contributed by atoms with Crippen LogP contribution in [0.1, 0.15) is 18.9 Å². The van der Waals surface area contributed by atoms with Crippen LogP contribution in [0.15, 0.2) is 29.4 Å². The zero-order valence-electron chi connectivity index (χ0n) is 15.7. The predicted molar refractivity (Wildman–Crippen MR) is 104 cm³/mol. The minimum atomic E-state index is -0.644. The average molecular weight is 418 g/mol. The topological polar surface area (TPSA) is 111 Å². The molecule has 1 aliphatic heterocycles. The molecule has 1 heterocycles. The molecular formula is C20H20ClN3O5. The van der Waals surface area contributed by atoms with Crippen LogP contribution in [-0.2, 0) is 14.4 Å². The number of hydrogen-bond acceptors (Lipinski definition) is 6. The van der Waals surface area contributed by atoms with Crippen LogP contribution >= 0.6 is 11.6 Å². The first-order chi connectivity index (χ1) is 13.9. The van der Waals surface area contributed by atoms with Gasteiger partial charge >= 0.3 is 0 Å². The first-order valence-electron chi connectivity index (χ1n) is 9.38. The smallest absolute Gasteiger partial charge is 0.255 e. The van der Waals surface area contributed by atoms with Gasteiger partial charge in [-0.1, -0.05) is 23.8 Å². The molecular weight excluding hydrogens is 398 g/mol. The quantitative estimate of drug-likeness (QED) is 0.412. The highest BCUT2D eigenvalue weighted by Gasteiger charge is 2.59. The zero-order chi connectivity index (χ0) is 20.7. The number of hydrazone groups is 1. The van der Waals surface area contributed by atoms with E-state index in [-0.39, 0.29) is 52.9 Å². The van der Waals surface area contributed by atoms with E-state index in [2.05, 4.69) is 5.10 Å². The molecule has 4 unspecified atom stereocenters. The maximum absolute atomic E-state index is 12.7. The Labute approximate surface area is 172 Å². The first kappa shape index (κ1) is 19.4. The molecule has 3 aliphatic rings. The molecule has 29 heavy (non-hydrogen) atoms. The Kier molecular flexibility index (Phi) is 5.04. The van der Waals surface area contributed by atoms with Gasteiger partial charge < -0.3 is 15.2 Å². The number of rotatable bonds is 7. The molecule has 2 N–H and O–H groups in total. The van der Waals surface area contributed by atoms with Crippen LogP contribution in [0.25, 0.3) is 0 Å². The number of halogens is 1. The van der Waals surface area contributed by atoms with Gasteiger partial charge in [-0.3, -0.25) is 14.4 Å². The fraction of sp³-hybridized carbons (Fsp3) is 0.400. The Morgan fingerprint density at radius 1 is 1.24 bits per heavy atom. The first-order valence-corrected chi connectivity index (χ1v) is 9.76. The molecule has 1 saturated heterocycles. The Morgan fingerprint density at radius 2 is 1.90 bits per heavy atom. The van der Waals surface area contributed by atoms with E-state index in [9.17, 15) is 14.4 Å². The van der Waals surface area contributed by atoms with Gasteiger partial charge in [0.15, 0.2) is 18.1 Å². The fourth-order valence-corrected chi connectivity index (χ4v) is 4.61. The van der Waals surface area contributed by atoms with E-state index >= 15 is 0 Å². The highest BCUT2D eigenvalue weighted by molar-refractivity contribution is 6.32. The van der Waals surface area contributed by atoms with Crippen molar-refractivity contribution in [1.29, 1.82) is 0 Å². The van der Waals surface area contributed by atoms with E-state index < -0.39 is 5.91 Å². The van der Waals surface area contributed by atoms with E-state index in [1.54, 1.807) is 19.1 Å². The third-order valence-corrected chi connectivity index (χ3v) is 5.74. The van der Waals surface area contributed by atoms with Gasteiger partial charge in [-0.15, -0.1) is 0 Å². The van der Waals surface area contributed by atoms with Crippen molar-refractivity contribution in [2.75, 3.05) is 13.2 Å². The zero-order valence-corrected chi connectivity index (χ0v) is 16.5. The van der Waals surface area contributed by atoms with Gasteiger partial charge in [0.25, 0.3) is 17.7 Å². The molecule has 0 aromatic heterocycles. The van der Waals surface area contributed by atoms with Crippen molar-refractivity contribution in [2.45, 2.75) is 13.3 Å². The van der Waals surface area contributed by atoms with Crippen LogP contribution in [0.4, 0.5) is 0 Å². The number of primary amides is 1. The van der Waals surface area contributed by atoms with Crippen molar-refractivity contribution in [1.82, 2.24) is 5.01 Å². The molecule has 0 spiro atoms. The lowest BCUT2D eigenvalue weighted by molar-refractivity contribution is -0.140. The molecule has 2 fully saturated rings. The minimum absolute atomic E-state index is 0.127. The normalized spacial score (nSPS) is 27.2. The molecule has 1 saturated carbocycles. The number of benzene rings is 1. The number of carbonyl (C=O) groups is 3. The summed E-state index contributed by atoms with van der Waals surface area (Å²) in [4.78, 5) is 36.4. The molecule has 9 heteroatoms. The molecule has 1 aromatic rings. The highest BCUT2D eigenvalue weighted by atomic mass is 35.5. The summed E-state index contributed by atoms with van der Waals surface area (Å²) in [6.07, 6.45) is 6.31. The summed E-state index contributed by atoms with van der Waals surface area (Å²) in [5, 5.41) is 5.29. The average Bonchev–Trinajstić information content (AvgIpc) is 3.34. The van der Waals surface area contributed by atoms with E-state index in [4.69, 9.17) is 26.8 Å².